The minimum atomic E-state index is -0.688. The number of rotatable bonds is 1. The van der Waals surface area contributed by atoms with Gasteiger partial charge < -0.3 is 5.11 Å². The zero-order chi connectivity index (χ0) is 7.72. The molecular formula is C7H13NO2. The summed E-state index contributed by atoms with van der Waals surface area (Å²) in [4.78, 5) is 12.4. The van der Waals surface area contributed by atoms with Crippen molar-refractivity contribution in [2.24, 2.45) is 5.92 Å². The number of nitrogens with zero attached hydrogens (tertiary/aromatic N) is 1. The quantitative estimate of drug-likeness (QED) is 0.578. The van der Waals surface area contributed by atoms with Crippen LogP contribution >= 0.6 is 0 Å². The van der Waals surface area contributed by atoms with Gasteiger partial charge >= 0.3 is 5.97 Å². The number of carboxylic acid groups (broad SMARTS) is 1. The maximum absolute atomic E-state index is 10.5. The van der Waals surface area contributed by atoms with Crippen molar-refractivity contribution in [3.05, 3.63) is 0 Å². The Morgan fingerprint density at radius 2 is 2.30 bits per heavy atom. The maximum atomic E-state index is 10.5. The van der Waals surface area contributed by atoms with Gasteiger partial charge in [0.15, 0.2) is 0 Å². The molecule has 1 N–H and O–H groups in total. The molecule has 2 unspecified atom stereocenters. The standard InChI is InChI=1S/C7H13NO2/c1-5-3-6(7(9)10)8(2)4-5/h5-6H,3-4H2,1-2H3,(H,9,10). The van der Waals surface area contributed by atoms with Gasteiger partial charge in [0.2, 0.25) is 0 Å². The highest BCUT2D eigenvalue weighted by atomic mass is 16.4. The third kappa shape index (κ3) is 1.29. The van der Waals surface area contributed by atoms with Crippen LogP contribution < -0.4 is 0 Å². The predicted octanol–water partition coefficient (Wildman–Crippen LogP) is 0.411. The van der Waals surface area contributed by atoms with Crippen LogP contribution in [-0.2, 0) is 4.79 Å². The summed E-state index contributed by atoms with van der Waals surface area (Å²) in [6.07, 6.45) is 0.797. The summed E-state index contributed by atoms with van der Waals surface area (Å²) in [5, 5.41) is 8.66. The van der Waals surface area contributed by atoms with E-state index in [-0.39, 0.29) is 6.04 Å². The molecule has 58 valence electrons. The van der Waals surface area contributed by atoms with Crippen molar-refractivity contribution < 1.29 is 9.90 Å². The van der Waals surface area contributed by atoms with E-state index in [1.807, 2.05) is 11.9 Å². The predicted molar refractivity (Wildman–Crippen MR) is 37.8 cm³/mol. The SMILES string of the molecule is CC1CC(C(=O)O)N(C)C1. The highest BCUT2D eigenvalue weighted by Crippen LogP contribution is 2.20. The van der Waals surface area contributed by atoms with E-state index in [1.165, 1.54) is 0 Å². The molecule has 0 radical (unpaired) electrons. The molecule has 0 spiro atoms. The third-order valence-corrected chi connectivity index (χ3v) is 2.04. The van der Waals surface area contributed by atoms with Crippen molar-refractivity contribution in [3.63, 3.8) is 0 Å². The molecule has 0 saturated carbocycles. The van der Waals surface area contributed by atoms with Gasteiger partial charge in [0.05, 0.1) is 0 Å². The van der Waals surface area contributed by atoms with Crippen molar-refractivity contribution in [2.45, 2.75) is 19.4 Å². The number of likely N-dealkylation sites (tertiary alicyclic amines) is 1. The molecule has 1 aliphatic heterocycles. The first-order valence-electron chi connectivity index (χ1n) is 3.54. The summed E-state index contributed by atoms with van der Waals surface area (Å²) in [5.74, 6) is -0.155. The average Bonchev–Trinajstić information content (AvgIpc) is 2.10. The Morgan fingerprint density at radius 1 is 1.70 bits per heavy atom. The van der Waals surface area contributed by atoms with Gasteiger partial charge in [-0.3, -0.25) is 9.69 Å². The van der Waals surface area contributed by atoms with Crippen molar-refractivity contribution >= 4 is 5.97 Å². The second kappa shape index (κ2) is 2.58. The summed E-state index contributed by atoms with van der Waals surface area (Å²) in [7, 11) is 1.86. The van der Waals surface area contributed by atoms with E-state index in [2.05, 4.69) is 6.92 Å². The van der Waals surface area contributed by atoms with Crippen LogP contribution in [0.1, 0.15) is 13.3 Å². The molecule has 1 heterocycles. The van der Waals surface area contributed by atoms with Crippen LogP contribution in [0.25, 0.3) is 0 Å². The van der Waals surface area contributed by atoms with Crippen LogP contribution in [0.4, 0.5) is 0 Å². The number of aliphatic carboxylic acids is 1. The van der Waals surface area contributed by atoms with Crippen molar-refractivity contribution in [2.75, 3.05) is 13.6 Å². The van der Waals surface area contributed by atoms with E-state index in [4.69, 9.17) is 5.11 Å². The zero-order valence-corrected chi connectivity index (χ0v) is 6.37. The molecule has 0 aromatic heterocycles. The fourth-order valence-electron chi connectivity index (χ4n) is 1.54. The van der Waals surface area contributed by atoms with Gasteiger partial charge in [-0.25, -0.2) is 0 Å². The Kier molecular flexibility index (Phi) is 1.94. The fourth-order valence-corrected chi connectivity index (χ4v) is 1.54. The van der Waals surface area contributed by atoms with Gasteiger partial charge in [-0.05, 0) is 19.4 Å². The lowest BCUT2D eigenvalue weighted by molar-refractivity contribution is -0.141. The van der Waals surface area contributed by atoms with Gasteiger partial charge in [-0.15, -0.1) is 0 Å². The second-order valence-corrected chi connectivity index (χ2v) is 3.13. The maximum Gasteiger partial charge on any atom is 0.320 e. The first kappa shape index (κ1) is 7.54. The Morgan fingerprint density at radius 3 is 2.50 bits per heavy atom. The normalized spacial score (nSPS) is 34.6. The van der Waals surface area contributed by atoms with Gasteiger partial charge in [0, 0.05) is 6.54 Å². The van der Waals surface area contributed by atoms with Crippen LogP contribution in [0.3, 0.4) is 0 Å². The van der Waals surface area contributed by atoms with Gasteiger partial charge in [0.25, 0.3) is 0 Å². The molecule has 3 heteroatoms. The molecule has 0 bridgehead atoms. The average molecular weight is 143 g/mol. The molecule has 0 amide bonds. The van der Waals surface area contributed by atoms with E-state index < -0.39 is 5.97 Å². The van der Waals surface area contributed by atoms with E-state index in [0.717, 1.165) is 13.0 Å². The smallest absolute Gasteiger partial charge is 0.320 e. The topological polar surface area (TPSA) is 40.5 Å². The molecule has 0 aliphatic carbocycles. The Labute approximate surface area is 60.6 Å². The lowest BCUT2D eigenvalue weighted by Gasteiger charge is -2.13. The van der Waals surface area contributed by atoms with Gasteiger partial charge in [-0.1, -0.05) is 6.92 Å². The number of hydrogen-bond acceptors (Lipinski definition) is 2. The molecule has 1 saturated heterocycles. The number of likely N-dealkylation sites (N-methyl/N-ethyl adjacent to an activating group) is 1. The molecule has 1 aliphatic rings. The number of carbonyl (C=O) groups is 1. The number of carboxylic acids is 1. The van der Waals surface area contributed by atoms with Crippen LogP contribution in [0.15, 0.2) is 0 Å². The van der Waals surface area contributed by atoms with Gasteiger partial charge in [-0.2, -0.15) is 0 Å². The zero-order valence-electron chi connectivity index (χ0n) is 6.37. The Hall–Kier alpha value is -0.570. The molecule has 1 fully saturated rings. The minimum absolute atomic E-state index is 0.241. The summed E-state index contributed by atoms with van der Waals surface area (Å²) in [6, 6.07) is -0.241. The van der Waals surface area contributed by atoms with Crippen LogP contribution in [0, 0.1) is 5.92 Å². The van der Waals surface area contributed by atoms with Crippen molar-refractivity contribution in [3.8, 4) is 0 Å². The molecule has 10 heavy (non-hydrogen) atoms. The highest BCUT2D eigenvalue weighted by Gasteiger charge is 2.31. The molecule has 1 rings (SSSR count). The van der Waals surface area contributed by atoms with E-state index in [0.29, 0.717) is 5.92 Å². The van der Waals surface area contributed by atoms with Crippen LogP contribution in [0.2, 0.25) is 0 Å². The summed E-state index contributed by atoms with van der Waals surface area (Å²) in [5.41, 5.74) is 0. The van der Waals surface area contributed by atoms with Crippen LogP contribution in [0.5, 0.6) is 0 Å². The lowest BCUT2D eigenvalue weighted by atomic mass is 10.1. The summed E-state index contributed by atoms with van der Waals surface area (Å²) >= 11 is 0. The molecule has 3 nitrogen and oxygen atoms in total. The highest BCUT2D eigenvalue weighted by molar-refractivity contribution is 5.73. The minimum Gasteiger partial charge on any atom is -0.480 e. The fraction of sp³-hybridized carbons (Fsp3) is 0.857. The monoisotopic (exact) mass is 143 g/mol. The van der Waals surface area contributed by atoms with Crippen molar-refractivity contribution in [1.29, 1.82) is 0 Å². The largest absolute Gasteiger partial charge is 0.480 e. The molecule has 0 aromatic rings. The summed E-state index contributed by atoms with van der Waals surface area (Å²) < 4.78 is 0. The van der Waals surface area contributed by atoms with E-state index >= 15 is 0 Å². The first-order chi connectivity index (χ1) is 4.61. The second-order valence-electron chi connectivity index (χ2n) is 3.13. The van der Waals surface area contributed by atoms with Crippen molar-refractivity contribution in [1.82, 2.24) is 4.90 Å². The third-order valence-electron chi connectivity index (χ3n) is 2.04. The lowest BCUT2D eigenvalue weighted by Crippen LogP contribution is -2.32. The Balaban J connectivity index is 2.54. The Bertz CT molecular complexity index is 147. The van der Waals surface area contributed by atoms with Gasteiger partial charge in [0.1, 0.15) is 6.04 Å². The van der Waals surface area contributed by atoms with E-state index in [9.17, 15) is 4.79 Å². The molecule has 2 atom stereocenters. The number of hydrogen-bond donors (Lipinski definition) is 1. The molecule has 0 aromatic carbocycles. The van der Waals surface area contributed by atoms with Crippen LogP contribution in [-0.4, -0.2) is 35.6 Å². The summed E-state index contributed by atoms with van der Waals surface area (Å²) in [6.45, 7) is 3.00. The first-order valence-corrected chi connectivity index (χ1v) is 3.54. The van der Waals surface area contributed by atoms with E-state index in [1.54, 1.807) is 0 Å². The molecular weight excluding hydrogens is 130 g/mol.